The van der Waals surface area contributed by atoms with Crippen LogP contribution in [0.5, 0.6) is 0 Å². The van der Waals surface area contributed by atoms with Gasteiger partial charge in [0, 0.05) is 31.6 Å². The zero-order chi connectivity index (χ0) is 16.2. The molecule has 0 aliphatic carbocycles. The maximum Gasteiger partial charge on any atom is 0.224 e. The van der Waals surface area contributed by atoms with Crippen LogP contribution in [0.1, 0.15) is 45.4 Å². The summed E-state index contributed by atoms with van der Waals surface area (Å²) in [5.41, 5.74) is 6.17. The average molecular weight is 322 g/mol. The van der Waals surface area contributed by atoms with Gasteiger partial charge in [-0.1, -0.05) is 6.42 Å². The molecule has 0 saturated carbocycles. The van der Waals surface area contributed by atoms with Crippen LogP contribution in [-0.2, 0) is 4.79 Å². The number of rotatable bonds is 2. The minimum atomic E-state index is -0.397. The first kappa shape index (κ1) is 16.5. The highest BCUT2D eigenvalue weighted by atomic mass is 16.2. The van der Waals surface area contributed by atoms with Crippen LogP contribution in [0, 0.1) is 0 Å². The second-order valence-corrected chi connectivity index (χ2v) is 7.04. The van der Waals surface area contributed by atoms with Crippen molar-refractivity contribution in [2.24, 2.45) is 10.7 Å². The minimum Gasteiger partial charge on any atom is -0.370 e. The van der Waals surface area contributed by atoms with Gasteiger partial charge >= 0.3 is 0 Å². The van der Waals surface area contributed by atoms with E-state index in [1.807, 2.05) is 6.92 Å². The fraction of sp³-hybridized carbons (Fsp3) is 0.875. The zero-order valence-electron chi connectivity index (χ0n) is 14.1. The smallest absolute Gasteiger partial charge is 0.224 e. The SMILES string of the molecule is CC1CC(=O)NC(/N=C(\N)N2CCC(N3CCCCC3)CC2)N1. The van der Waals surface area contributed by atoms with E-state index >= 15 is 0 Å². The van der Waals surface area contributed by atoms with Crippen molar-refractivity contribution in [1.82, 2.24) is 20.4 Å². The van der Waals surface area contributed by atoms with Gasteiger partial charge in [-0.15, -0.1) is 0 Å². The Hall–Kier alpha value is -1.34. The molecule has 3 heterocycles. The molecule has 3 rings (SSSR count). The predicted molar refractivity (Wildman–Crippen MR) is 90.8 cm³/mol. The lowest BCUT2D eigenvalue weighted by Crippen LogP contribution is -2.56. The van der Waals surface area contributed by atoms with Gasteiger partial charge in [-0.25, -0.2) is 4.99 Å². The molecule has 3 aliphatic heterocycles. The maximum atomic E-state index is 11.6. The fourth-order valence-corrected chi connectivity index (χ4v) is 3.89. The van der Waals surface area contributed by atoms with Crippen molar-refractivity contribution in [2.45, 2.75) is 63.8 Å². The Balaban J connectivity index is 1.50. The molecule has 3 fully saturated rings. The summed E-state index contributed by atoms with van der Waals surface area (Å²) in [5, 5.41) is 6.07. The van der Waals surface area contributed by atoms with E-state index in [9.17, 15) is 4.79 Å². The summed E-state index contributed by atoms with van der Waals surface area (Å²) in [7, 11) is 0. The van der Waals surface area contributed by atoms with E-state index < -0.39 is 6.29 Å². The summed E-state index contributed by atoms with van der Waals surface area (Å²) < 4.78 is 0. The summed E-state index contributed by atoms with van der Waals surface area (Å²) in [5.74, 6) is 0.565. The fourth-order valence-electron chi connectivity index (χ4n) is 3.89. The Morgan fingerprint density at radius 2 is 1.87 bits per heavy atom. The van der Waals surface area contributed by atoms with Crippen molar-refractivity contribution in [3.05, 3.63) is 0 Å². The van der Waals surface area contributed by atoms with E-state index in [4.69, 9.17) is 5.73 Å². The number of aliphatic imine (C=N–C) groups is 1. The summed E-state index contributed by atoms with van der Waals surface area (Å²) >= 11 is 0. The van der Waals surface area contributed by atoms with Crippen molar-refractivity contribution < 1.29 is 4.79 Å². The Labute approximate surface area is 138 Å². The Bertz CT molecular complexity index is 440. The topological polar surface area (TPSA) is 86.0 Å². The molecular formula is C16H30N6O. The van der Waals surface area contributed by atoms with Crippen LogP contribution in [0.4, 0.5) is 0 Å². The van der Waals surface area contributed by atoms with Crippen molar-refractivity contribution in [3.8, 4) is 0 Å². The monoisotopic (exact) mass is 322 g/mol. The lowest BCUT2D eigenvalue weighted by atomic mass is 10.0. The number of carbonyl (C=O) groups is 1. The molecule has 2 unspecified atom stereocenters. The number of guanidine groups is 1. The number of nitrogens with one attached hydrogen (secondary N) is 2. The highest BCUT2D eigenvalue weighted by Gasteiger charge is 2.27. The maximum absolute atomic E-state index is 11.6. The molecule has 0 aromatic heterocycles. The first-order valence-electron chi connectivity index (χ1n) is 8.99. The van der Waals surface area contributed by atoms with Gasteiger partial charge in [0.15, 0.2) is 12.2 Å². The third-order valence-corrected chi connectivity index (χ3v) is 5.19. The van der Waals surface area contributed by atoms with E-state index in [-0.39, 0.29) is 11.9 Å². The van der Waals surface area contributed by atoms with Gasteiger partial charge in [-0.2, -0.15) is 0 Å². The van der Waals surface area contributed by atoms with Crippen LogP contribution < -0.4 is 16.4 Å². The van der Waals surface area contributed by atoms with E-state index in [1.165, 1.54) is 32.4 Å². The van der Waals surface area contributed by atoms with E-state index in [0.717, 1.165) is 25.9 Å². The molecule has 7 nitrogen and oxygen atoms in total. The number of piperidine rings is 2. The van der Waals surface area contributed by atoms with Gasteiger partial charge in [0.25, 0.3) is 0 Å². The minimum absolute atomic E-state index is 0.0293. The van der Waals surface area contributed by atoms with E-state index in [0.29, 0.717) is 18.4 Å². The van der Waals surface area contributed by atoms with Crippen LogP contribution in [-0.4, -0.2) is 66.2 Å². The molecule has 0 spiro atoms. The summed E-state index contributed by atoms with van der Waals surface area (Å²) in [6.07, 6.45) is 6.46. The molecule has 1 amide bonds. The molecule has 4 N–H and O–H groups in total. The van der Waals surface area contributed by atoms with E-state index in [2.05, 4.69) is 25.4 Å². The Morgan fingerprint density at radius 1 is 1.17 bits per heavy atom. The van der Waals surface area contributed by atoms with Crippen molar-refractivity contribution in [2.75, 3.05) is 26.2 Å². The number of hydrogen-bond donors (Lipinski definition) is 3. The molecule has 0 radical (unpaired) electrons. The summed E-state index contributed by atoms with van der Waals surface area (Å²) in [6, 6.07) is 0.835. The van der Waals surface area contributed by atoms with Gasteiger partial charge in [0.1, 0.15) is 0 Å². The summed E-state index contributed by atoms with van der Waals surface area (Å²) in [6.45, 7) is 6.40. The molecule has 0 aromatic rings. The number of amides is 1. The average Bonchev–Trinajstić information content (AvgIpc) is 2.55. The van der Waals surface area contributed by atoms with Crippen LogP contribution in [0.25, 0.3) is 0 Å². The molecule has 3 aliphatic rings. The van der Waals surface area contributed by atoms with Gasteiger partial charge in [-0.05, 0) is 45.7 Å². The van der Waals surface area contributed by atoms with Gasteiger partial charge < -0.3 is 20.9 Å². The van der Waals surface area contributed by atoms with Crippen LogP contribution in [0.2, 0.25) is 0 Å². The van der Waals surface area contributed by atoms with Crippen LogP contribution in [0.15, 0.2) is 4.99 Å². The first-order valence-corrected chi connectivity index (χ1v) is 8.99. The van der Waals surface area contributed by atoms with Crippen LogP contribution >= 0.6 is 0 Å². The highest BCUT2D eigenvalue weighted by Crippen LogP contribution is 2.20. The molecule has 0 aromatic carbocycles. The molecule has 0 bridgehead atoms. The zero-order valence-corrected chi connectivity index (χ0v) is 14.1. The lowest BCUT2D eigenvalue weighted by molar-refractivity contribution is -0.124. The third kappa shape index (κ3) is 4.35. The molecule has 3 saturated heterocycles. The number of likely N-dealkylation sites (tertiary alicyclic amines) is 2. The standard InChI is InChI=1S/C16H30N6O/c1-12-11-14(23)19-16(18-12)20-15(17)22-9-5-13(6-10-22)21-7-3-2-4-8-21/h12-13,16,18H,2-11H2,1H3,(H2,17,20)(H,19,23). The highest BCUT2D eigenvalue weighted by molar-refractivity contribution is 5.80. The van der Waals surface area contributed by atoms with Gasteiger partial charge in [0.2, 0.25) is 5.91 Å². The number of nitrogens with zero attached hydrogens (tertiary/aromatic N) is 3. The summed E-state index contributed by atoms with van der Waals surface area (Å²) in [4.78, 5) is 20.8. The molecule has 7 heteroatoms. The number of nitrogens with two attached hydrogens (primary N) is 1. The third-order valence-electron chi connectivity index (χ3n) is 5.19. The van der Waals surface area contributed by atoms with Crippen molar-refractivity contribution in [1.29, 1.82) is 0 Å². The normalized spacial score (nSPS) is 32.0. The number of hydrogen-bond acceptors (Lipinski definition) is 4. The van der Waals surface area contributed by atoms with Crippen LogP contribution in [0.3, 0.4) is 0 Å². The second kappa shape index (κ2) is 7.49. The lowest BCUT2D eigenvalue weighted by Gasteiger charge is -2.40. The quantitative estimate of drug-likeness (QED) is 0.493. The number of carbonyl (C=O) groups excluding carboxylic acids is 1. The molecule has 130 valence electrons. The largest absolute Gasteiger partial charge is 0.370 e. The van der Waals surface area contributed by atoms with Crippen molar-refractivity contribution >= 4 is 11.9 Å². The Kier molecular flexibility index (Phi) is 5.38. The molecular weight excluding hydrogens is 292 g/mol. The van der Waals surface area contributed by atoms with Gasteiger partial charge in [0.05, 0.1) is 0 Å². The Morgan fingerprint density at radius 3 is 2.52 bits per heavy atom. The van der Waals surface area contributed by atoms with Crippen molar-refractivity contribution in [3.63, 3.8) is 0 Å². The first-order chi connectivity index (χ1) is 11.1. The molecule has 2 atom stereocenters. The second-order valence-electron chi connectivity index (χ2n) is 7.04. The van der Waals surface area contributed by atoms with Gasteiger partial charge in [-0.3, -0.25) is 10.1 Å². The predicted octanol–water partition coefficient (Wildman–Crippen LogP) is 0.0330. The van der Waals surface area contributed by atoms with E-state index in [1.54, 1.807) is 0 Å². The molecule has 23 heavy (non-hydrogen) atoms.